The van der Waals surface area contributed by atoms with Crippen LogP contribution in [0.2, 0.25) is 0 Å². The largest absolute Gasteiger partial charge is 0.394 e. The number of rotatable bonds is 8. The quantitative estimate of drug-likeness (QED) is 0.107. The van der Waals surface area contributed by atoms with E-state index in [1.165, 1.54) is 0 Å². The SMILES string of the molecule is N[C@H]1[C@H](O)[C@H]2O[C@H]3[C@H](O)[C@H](O)[C@@H](O[C@H]4[C@@H](O)[C@H](O)[C@@H](O[C@H]5[C@H](O)[C@@H](O)[C@@H](O[C@H]6[C@@H](O)[C@H](O)[C@@H](O[C@H]7[C@@H](O)[C@H](O)[C@@H](O[C@H]8[C@H](O)[C@H](O)[C@@H](O[C@H]9[C@@H](O)[C@H](O)[C@@H](O[C@@H]1[C@@H](CO)O2)O[C@@H]9CO)O[C@@H]8CO)O[C@@H]7CO)O[C@@H]6CO)O[C@@H]5CO)O[C@H]4CO)O[C@@H]3CO. The molecule has 0 aromatic heterocycles. The number of aliphatic hydroxyl groups excluding tert-OH is 23. The summed E-state index contributed by atoms with van der Waals surface area (Å²) in [5.41, 5.74) is 6.37. The third-order valence-electron chi connectivity index (χ3n) is 17.0. The van der Waals surface area contributed by atoms with E-state index in [1.54, 1.807) is 0 Å². The van der Waals surface area contributed by atoms with Crippen molar-refractivity contribution in [1.29, 1.82) is 0 Å². The van der Waals surface area contributed by atoms with E-state index in [1.807, 2.05) is 0 Å². The van der Waals surface area contributed by atoms with Crippen molar-refractivity contribution in [3.63, 3.8) is 0 Å². The first kappa shape index (κ1) is 70.7. The molecule has 0 aromatic rings. The standard InChI is InChI=1S/C48H81NO39/c49-17-18(58)41-73-9(1-50)33(17)81-42-26(66)19(59)35(11(3-52)74-42)83-44-28(68)21(61)37(13(5-54)76-44)85-46-30(70)23(63)39(15(7-56)78-46)87-48-32(72)25(65)40(16(8-57)80-48)88-47-31(71)24(64)38(14(6-55)79-47)86-45-29(69)22(62)36(12(4-53)77-45)84-43-27(67)20(60)34(82-41)10(2-51)75-43/h9-48,50-72H,1-8,49H2/t9-,10-,11-,12+,13-,14-,15-,16-,17+,18+,19+,20-,21-,22+,23+,24-,25+,26+,27+,28+,29+,30+,31-,32+,33-,34-,35-,36-,37-,38-,39-,40-,41-,42-,43-,44-,45-,46-,47-,48-/m1/s1. The van der Waals surface area contributed by atoms with Crippen LogP contribution in [0.4, 0.5) is 0 Å². The Balaban J connectivity index is 0.975. The van der Waals surface area contributed by atoms with Crippen molar-refractivity contribution < 1.29 is 193 Å². The van der Waals surface area contributed by atoms with Gasteiger partial charge in [0.15, 0.2) is 50.3 Å². The minimum atomic E-state index is -2.24. The van der Waals surface area contributed by atoms with Gasteiger partial charge in [0.05, 0.1) is 58.9 Å². The summed E-state index contributed by atoms with van der Waals surface area (Å²) in [4.78, 5) is 0. The summed E-state index contributed by atoms with van der Waals surface area (Å²) in [5.74, 6) is 0. The van der Waals surface area contributed by atoms with Gasteiger partial charge in [0.1, 0.15) is 189 Å². The molecule has 40 nitrogen and oxygen atoms in total. The second-order valence-electron chi connectivity index (χ2n) is 22.5. The van der Waals surface area contributed by atoms with Crippen molar-refractivity contribution in [3.05, 3.63) is 0 Å². The number of hydrogen-bond acceptors (Lipinski definition) is 40. The molecular formula is C48H81NO39. The van der Waals surface area contributed by atoms with Crippen LogP contribution >= 0.6 is 0 Å². The van der Waals surface area contributed by atoms with Crippen molar-refractivity contribution in [3.8, 4) is 0 Å². The Bertz CT molecular complexity index is 1710. The molecule has 30 fully saturated rings. The number of ether oxygens (including phenoxy) is 16. The van der Waals surface area contributed by atoms with Gasteiger partial charge in [-0.15, -0.1) is 0 Å². The Labute approximate surface area is 496 Å². The molecule has 30 aliphatic heterocycles. The molecule has 0 saturated carbocycles. The van der Waals surface area contributed by atoms with Crippen LogP contribution in [0, 0.1) is 0 Å². The summed E-state index contributed by atoms with van der Waals surface area (Å²) in [6.07, 6.45) is -78.4. The van der Waals surface area contributed by atoms with E-state index < -0.39 is 298 Å². The van der Waals surface area contributed by atoms with Gasteiger partial charge in [-0.1, -0.05) is 0 Å². The van der Waals surface area contributed by atoms with Gasteiger partial charge in [0.25, 0.3) is 0 Å². The fourth-order valence-electron chi connectivity index (χ4n) is 12.0. The predicted molar refractivity (Wildman–Crippen MR) is 263 cm³/mol. The zero-order valence-corrected chi connectivity index (χ0v) is 46.1. The lowest BCUT2D eigenvalue weighted by Crippen LogP contribution is -2.69. The molecule has 512 valence electrons. The molecule has 30 aliphatic rings. The van der Waals surface area contributed by atoms with Crippen LogP contribution in [0.15, 0.2) is 0 Å². The first-order valence-electron chi connectivity index (χ1n) is 28.2. The molecule has 40 atom stereocenters. The molecule has 0 aliphatic carbocycles. The van der Waals surface area contributed by atoms with E-state index in [9.17, 15) is 117 Å². The Morgan fingerprint density at radius 2 is 0.295 bits per heavy atom. The van der Waals surface area contributed by atoms with E-state index in [0.29, 0.717) is 0 Å². The summed E-state index contributed by atoms with van der Waals surface area (Å²) in [6, 6.07) is -1.71. The van der Waals surface area contributed by atoms with Gasteiger partial charge >= 0.3 is 0 Å². The summed E-state index contributed by atoms with van der Waals surface area (Å²) in [7, 11) is 0. The van der Waals surface area contributed by atoms with Gasteiger partial charge in [-0.25, -0.2) is 0 Å². The average molecular weight is 1300 g/mol. The Morgan fingerprint density at radius 3 is 0.443 bits per heavy atom. The molecule has 0 amide bonds. The molecule has 30 rings (SSSR count). The molecule has 30 heterocycles. The fraction of sp³-hybridized carbons (Fsp3) is 1.00. The van der Waals surface area contributed by atoms with Gasteiger partial charge in [0, 0.05) is 0 Å². The first-order chi connectivity index (χ1) is 41.9. The van der Waals surface area contributed by atoms with E-state index in [2.05, 4.69) is 0 Å². The Hall–Kier alpha value is -1.60. The lowest BCUT2D eigenvalue weighted by Gasteiger charge is -2.50. The second kappa shape index (κ2) is 30.0. The molecule has 88 heavy (non-hydrogen) atoms. The lowest BCUT2D eigenvalue weighted by molar-refractivity contribution is -0.402. The van der Waals surface area contributed by atoms with Crippen molar-refractivity contribution in [1.82, 2.24) is 0 Å². The molecular weight excluding hydrogens is 1210 g/mol. The topological polar surface area (TPSA) is 639 Å². The maximum atomic E-state index is 11.4. The normalized spacial score (nSPS) is 55.4. The van der Waals surface area contributed by atoms with Crippen molar-refractivity contribution in [2.75, 3.05) is 52.9 Å². The zero-order valence-electron chi connectivity index (χ0n) is 46.1. The van der Waals surface area contributed by atoms with Gasteiger partial charge < -0.3 is 199 Å². The molecule has 30 saturated heterocycles. The van der Waals surface area contributed by atoms with Crippen LogP contribution in [0.1, 0.15) is 0 Å². The summed E-state index contributed by atoms with van der Waals surface area (Å²) < 4.78 is 91.6. The molecule has 0 aromatic carbocycles. The van der Waals surface area contributed by atoms with Crippen LogP contribution in [0.3, 0.4) is 0 Å². The minimum absolute atomic E-state index is 1.00. The molecule has 0 unspecified atom stereocenters. The first-order valence-corrected chi connectivity index (χ1v) is 28.2. The van der Waals surface area contributed by atoms with Crippen LogP contribution < -0.4 is 5.73 Å². The summed E-state index contributed by atoms with van der Waals surface area (Å²) in [5, 5.41) is 254. The zero-order chi connectivity index (χ0) is 64.1. The van der Waals surface area contributed by atoms with E-state index in [4.69, 9.17) is 81.5 Å². The molecule has 0 radical (unpaired) electrons. The lowest BCUT2D eigenvalue weighted by atomic mass is 9.94. The van der Waals surface area contributed by atoms with Crippen LogP contribution in [0.25, 0.3) is 0 Å². The predicted octanol–water partition coefficient (Wildman–Crippen LogP) is -17.4. The maximum Gasteiger partial charge on any atom is 0.187 e. The fourth-order valence-corrected chi connectivity index (χ4v) is 12.0. The van der Waals surface area contributed by atoms with Crippen molar-refractivity contribution in [2.24, 2.45) is 5.73 Å². The highest BCUT2D eigenvalue weighted by Crippen LogP contribution is 2.39. The van der Waals surface area contributed by atoms with Crippen molar-refractivity contribution in [2.45, 2.75) is 246 Å². The summed E-state index contributed by atoms with van der Waals surface area (Å²) in [6.45, 7) is -8.46. The summed E-state index contributed by atoms with van der Waals surface area (Å²) >= 11 is 0. The van der Waals surface area contributed by atoms with E-state index in [-0.39, 0.29) is 0 Å². The molecule has 16 bridgehead atoms. The highest BCUT2D eigenvalue weighted by molar-refractivity contribution is 5.03. The number of nitrogens with two attached hydrogens (primary N) is 1. The Morgan fingerprint density at radius 1 is 0.170 bits per heavy atom. The molecule has 25 N–H and O–H groups in total. The van der Waals surface area contributed by atoms with Gasteiger partial charge in [0.2, 0.25) is 0 Å². The van der Waals surface area contributed by atoms with Crippen LogP contribution in [-0.2, 0) is 75.8 Å². The van der Waals surface area contributed by atoms with Gasteiger partial charge in [-0.05, 0) is 0 Å². The van der Waals surface area contributed by atoms with Crippen LogP contribution in [0.5, 0.6) is 0 Å². The average Bonchev–Trinajstić information content (AvgIpc) is 1.09. The monoisotopic (exact) mass is 1300 g/mol. The maximum absolute atomic E-state index is 11.4. The van der Waals surface area contributed by atoms with Crippen molar-refractivity contribution >= 4 is 0 Å². The van der Waals surface area contributed by atoms with Gasteiger partial charge in [-0.2, -0.15) is 0 Å². The van der Waals surface area contributed by atoms with Crippen LogP contribution in [-0.4, -0.2) is 416 Å². The van der Waals surface area contributed by atoms with E-state index in [0.717, 1.165) is 0 Å². The third kappa shape index (κ3) is 13.8. The number of aliphatic hydroxyl groups is 23. The van der Waals surface area contributed by atoms with E-state index >= 15 is 0 Å². The second-order valence-corrected chi connectivity index (χ2v) is 22.5. The van der Waals surface area contributed by atoms with Gasteiger partial charge in [-0.3, -0.25) is 0 Å². The smallest absolute Gasteiger partial charge is 0.187 e. The Kier molecular flexibility index (Phi) is 24.1. The molecule has 40 heteroatoms. The minimum Gasteiger partial charge on any atom is -0.394 e. The number of hydrogen-bond donors (Lipinski definition) is 24. The highest BCUT2D eigenvalue weighted by atomic mass is 16.8. The third-order valence-corrected chi connectivity index (χ3v) is 17.0. The highest BCUT2D eigenvalue weighted by Gasteiger charge is 2.60. The molecule has 0 spiro atoms.